The van der Waals surface area contributed by atoms with Crippen molar-refractivity contribution in [3.8, 4) is 5.75 Å². The number of phenols is 1. The highest BCUT2D eigenvalue weighted by molar-refractivity contribution is 9.10. The highest BCUT2D eigenvalue weighted by Gasteiger charge is 2.43. The number of benzene rings is 1. The lowest BCUT2D eigenvalue weighted by molar-refractivity contribution is 0.454. The van der Waals surface area contributed by atoms with Gasteiger partial charge < -0.3 is 10.8 Å². The third-order valence-electron chi connectivity index (χ3n) is 2.90. The summed E-state index contributed by atoms with van der Waals surface area (Å²) < 4.78 is 0.773. The van der Waals surface area contributed by atoms with Gasteiger partial charge in [-0.25, -0.2) is 0 Å². The minimum Gasteiger partial charge on any atom is -0.506 e. The van der Waals surface area contributed by atoms with Gasteiger partial charge in [0.05, 0.1) is 4.47 Å². The number of aryl methyl sites for hydroxylation is 2. The Morgan fingerprint density at radius 1 is 1.36 bits per heavy atom. The molecule has 0 unspecified atom stereocenters. The van der Waals surface area contributed by atoms with Crippen molar-refractivity contribution in [1.82, 2.24) is 0 Å². The first-order chi connectivity index (χ1) is 6.46. The molecule has 1 saturated carbocycles. The van der Waals surface area contributed by atoms with E-state index in [1.54, 1.807) is 0 Å². The minimum absolute atomic E-state index is 0.273. The van der Waals surface area contributed by atoms with Gasteiger partial charge in [-0.05, 0) is 53.7 Å². The molecule has 76 valence electrons. The maximum absolute atomic E-state index is 10.0. The van der Waals surface area contributed by atoms with Crippen LogP contribution in [-0.2, 0) is 5.54 Å². The molecule has 0 aliphatic heterocycles. The van der Waals surface area contributed by atoms with Crippen molar-refractivity contribution in [2.24, 2.45) is 5.73 Å². The standard InChI is InChI=1S/C11H14BrNO/c1-6-5-7(2)9(12)10(14)8(6)11(13)3-4-11/h5,14H,3-4,13H2,1-2H3. The van der Waals surface area contributed by atoms with E-state index in [-0.39, 0.29) is 5.54 Å². The fourth-order valence-electron chi connectivity index (χ4n) is 1.96. The lowest BCUT2D eigenvalue weighted by Gasteiger charge is -2.17. The third-order valence-corrected chi connectivity index (χ3v) is 3.91. The molecule has 1 fully saturated rings. The molecule has 0 aromatic heterocycles. The van der Waals surface area contributed by atoms with Crippen molar-refractivity contribution < 1.29 is 5.11 Å². The van der Waals surface area contributed by atoms with Crippen LogP contribution < -0.4 is 5.73 Å². The van der Waals surface area contributed by atoms with Gasteiger partial charge in [0.25, 0.3) is 0 Å². The SMILES string of the molecule is Cc1cc(C)c(C2(N)CC2)c(O)c1Br. The molecule has 2 nitrogen and oxygen atoms in total. The molecule has 0 saturated heterocycles. The fraction of sp³-hybridized carbons (Fsp3) is 0.455. The zero-order chi connectivity index (χ0) is 10.5. The Morgan fingerprint density at radius 2 is 1.93 bits per heavy atom. The third kappa shape index (κ3) is 1.35. The molecule has 0 bridgehead atoms. The molecular formula is C11H14BrNO. The first kappa shape index (κ1) is 9.99. The molecule has 0 atom stereocenters. The average Bonchev–Trinajstić information content (AvgIpc) is 2.80. The van der Waals surface area contributed by atoms with E-state index >= 15 is 0 Å². The predicted octanol–water partition coefficient (Wildman–Crippen LogP) is 2.72. The molecule has 0 heterocycles. The van der Waals surface area contributed by atoms with Crippen molar-refractivity contribution in [3.05, 3.63) is 27.2 Å². The highest BCUT2D eigenvalue weighted by atomic mass is 79.9. The van der Waals surface area contributed by atoms with Gasteiger partial charge >= 0.3 is 0 Å². The monoisotopic (exact) mass is 255 g/mol. The first-order valence-corrected chi connectivity index (χ1v) is 5.53. The summed E-state index contributed by atoms with van der Waals surface area (Å²) in [5.41, 5.74) is 8.88. The van der Waals surface area contributed by atoms with Crippen molar-refractivity contribution in [2.75, 3.05) is 0 Å². The van der Waals surface area contributed by atoms with E-state index in [2.05, 4.69) is 22.0 Å². The summed E-state index contributed by atoms with van der Waals surface area (Å²) in [6.45, 7) is 3.97. The van der Waals surface area contributed by atoms with Crippen LogP contribution in [0, 0.1) is 13.8 Å². The summed E-state index contributed by atoms with van der Waals surface area (Å²) in [6.07, 6.45) is 1.94. The lowest BCUT2D eigenvalue weighted by Crippen LogP contribution is -2.20. The zero-order valence-corrected chi connectivity index (χ0v) is 9.98. The van der Waals surface area contributed by atoms with E-state index in [0.717, 1.165) is 34.0 Å². The normalized spacial score (nSPS) is 18.3. The molecule has 1 aliphatic rings. The van der Waals surface area contributed by atoms with E-state index in [4.69, 9.17) is 5.73 Å². The van der Waals surface area contributed by atoms with E-state index in [9.17, 15) is 5.11 Å². The van der Waals surface area contributed by atoms with Gasteiger partial charge in [-0.15, -0.1) is 0 Å². The summed E-state index contributed by atoms with van der Waals surface area (Å²) in [6, 6.07) is 2.06. The molecule has 3 heteroatoms. The number of rotatable bonds is 1. The lowest BCUT2D eigenvalue weighted by atomic mass is 9.97. The van der Waals surface area contributed by atoms with Gasteiger partial charge in [-0.2, -0.15) is 0 Å². The van der Waals surface area contributed by atoms with Crippen LogP contribution in [0.5, 0.6) is 5.75 Å². The van der Waals surface area contributed by atoms with Gasteiger partial charge in [0.2, 0.25) is 0 Å². The number of aromatic hydroxyl groups is 1. The van der Waals surface area contributed by atoms with E-state index in [1.807, 2.05) is 13.8 Å². The second-order valence-corrected chi connectivity index (χ2v) is 5.00. The van der Waals surface area contributed by atoms with Gasteiger partial charge in [0, 0.05) is 11.1 Å². The van der Waals surface area contributed by atoms with Crippen LogP contribution >= 0.6 is 15.9 Å². The van der Waals surface area contributed by atoms with Gasteiger partial charge in [-0.1, -0.05) is 6.07 Å². The van der Waals surface area contributed by atoms with Crippen molar-refractivity contribution >= 4 is 15.9 Å². The van der Waals surface area contributed by atoms with E-state index in [1.165, 1.54) is 0 Å². The summed E-state index contributed by atoms with van der Waals surface area (Å²) in [5, 5.41) is 10.0. The predicted molar refractivity (Wildman–Crippen MR) is 60.4 cm³/mol. The molecule has 0 radical (unpaired) electrons. The Morgan fingerprint density at radius 3 is 2.43 bits per heavy atom. The Kier molecular flexibility index (Phi) is 2.12. The van der Waals surface area contributed by atoms with Crippen LogP contribution in [0.15, 0.2) is 10.5 Å². The van der Waals surface area contributed by atoms with E-state index in [0.29, 0.717) is 5.75 Å². The first-order valence-electron chi connectivity index (χ1n) is 4.74. The number of halogens is 1. The molecule has 1 aromatic carbocycles. The summed E-state index contributed by atoms with van der Waals surface area (Å²) in [7, 11) is 0. The van der Waals surface area contributed by atoms with Gasteiger partial charge in [0.1, 0.15) is 5.75 Å². The van der Waals surface area contributed by atoms with Gasteiger partial charge in [-0.3, -0.25) is 0 Å². The highest BCUT2D eigenvalue weighted by Crippen LogP contribution is 2.50. The number of hydrogen-bond donors (Lipinski definition) is 2. The molecule has 1 aromatic rings. The molecule has 2 rings (SSSR count). The number of nitrogens with two attached hydrogens (primary N) is 1. The van der Waals surface area contributed by atoms with Crippen LogP contribution in [0.3, 0.4) is 0 Å². The average molecular weight is 256 g/mol. The largest absolute Gasteiger partial charge is 0.506 e. The molecule has 3 N–H and O–H groups in total. The minimum atomic E-state index is -0.273. The maximum Gasteiger partial charge on any atom is 0.135 e. The molecule has 14 heavy (non-hydrogen) atoms. The quantitative estimate of drug-likeness (QED) is 0.811. The Balaban J connectivity index is 2.65. The molecule has 1 aliphatic carbocycles. The molecular weight excluding hydrogens is 242 g/mol. The summed E-state index contributed by atoms with van der Waals surface area (Å²) in [4.78, 5) is 0. The fourth-order valence-corrected chi connectivity index (χ4v) is 2.27. The summed E-state index contributed by atoms with van der Waals surface area (Å²) >= 11 is 3.38. The van der Waals surface area contributed by atoms with E-state index < -0.39 is 0 Å². The maximum atomic E-state index is 10.0. The van der Waals surface area contributed by atoms with Gasteiger partial charge in [0.15, 0.2) is 0 Å². The van der Waals surface area contributed by atoms with Crippen LogP contribution in [0.1, 0.15) is 29.5 Å². The zero-order valence-electron chi connectivity index (χ0n) is 8.39. The topological polar surface area (TPSA) is 46.2 Å². The van der Waals surface area contributed by atoms with Crippen molar-refractivity contribution in [1.29, 1.82) is 0 Å². The van der Waals surface area contributed by atoms with Crippen molar-refractivity contribution in [2.45, 2.75) is 32.2 Å². The smallest absolute Gasteiger partial charge is 0.135 e. The van der Waals surface area contributed by atoms with Crippen molar-refractivity contribution in [3.63, 3.8) is 0 Å². The Labute approximate surface area is 92.3 Å². The second kappa shape index (κ2) is 2.97. The molecule has 0 amide bonds. The Bertz CT molecular complexity index is 397. The molecule has 0 spiro atoms. The van der Waals surface area contributed by atoms with Crippen LogP contribution in [0.25, 0.3) is 0 Å². The van der Waals surface area contributed by atoms with Crippen LogP contribution in [0.2, 0.25) is 0 Å². The van der Waals surface area contributed by atoms with Crippen LogP contribution in [-0.4, -0.2) is 5.11 Å². The Hall–Kier alpha value is -0.540. The van der Waals surface area contributed by atoms with Crippen LogP contribution in [0.4, 0.5) is 0 Å². The second-order valence-electron chi connectivity index (χ2n) is 4.20. The summed E-state index contributed by atoms with van der Waals surface area (Å²) in [5.74, 6) is 0.322. The number of hydrogen-bond acceptors (Lipinski definition) is 2. The number of phenolic OH excluding ortho intramolecular Hbond substituents is 1.